The minimum atomic E-state index is -0.620. The lowest BCUT2D eigenvalue weighted by Gasteiger charge is -2.27. The quantitative estimate of drug-likeness (QED) is 0.777. The highest BCUT2D eigenvalue weighted by Crippen LogP contribution is 2.33. The van der Waals surface area contributed by atoms with Crippen molar-refractivity contribution in [2.75, 3.05) is 13.7 Å². The van der Waals surface area contributed by atoms with E-state index < -0.39 is 23.7 Å². The molecule has 1 aromatic heterocycles. The van der Waals surface area contributed by atoms with E-state index in [2.05, 4.69) is 5.10 Å². The molecule has 2 rings (SSSR count). The van der Waals surface area contributed by atoms with Gasteiger partial charge in [0, 0.05) is 25.7 Å². The van der Waals surface area contributed by atoms with Crippen LogP contribution < -0.4 is 0 Å². The fourth-order valence-corrected chi connectivity index (χ4v) is 2.61. The van der Waals surface area contributed by atoms with Crippen LogP contribution in [0.15, 0.2) is 12.4 Å². The van der Waals surface area contributed by atoms with Crippen molar-refractivity contribution in [2.45, 2.75) is 44.8 Å². The summed E-state index contributed by atoms with van der Waals surface area (Å²) in [7, 11) is 3.16. The molecule has 0 saturated carbocycles. The molecule has 1 aliphatic rings. The van der Waals surface area contributed by atoms with Crippen LogP contribution in [0.2, 0.25) is 0 Å². The summed E-state index contributed by atoms with van der Waals surface area (Å²) in [6.45, 7) is 5.81. The van der Waals surface area contributed by atoms with Crippen LogP contribution in [-0.2, 0) is 21.3 Å². The van der Waals surface area contributed by atoms with E-state index in [0.29, 0.717) is 13.0 Å². The van der Waals surface area contributed by atoms with Crippen molar-refractivity contribution >= 4 is 12.1 Å². The Morgan fingerprint density at radius 2 is 2.05 bits per heavy atom. The number of carbonyl (C=O) groups is 2. The summed E-state index contributed by atoms with van der Waals surface area (Å²) in [5.41, 5.74) is 0.395. The Hall–Kier alpha value is -2.05. The molecular formula is C15H23N3O4. The van der Waals surface area contributed by atoms with E-state index in [9.17, 15) is 9.59 Å². The zero-order valence-electron chi connectivity index (χ0n) is 13.7. The molecule has 2 heterocycles. The largest absolute Gasteiger partial charge is 0.467 e. The number of hydrogen-bond acceptors (Lipinski definition) is 5. The molecule has 0 spiro atoms. The van der Waals surface area contributed by atoms with Crippen LogP contribution in [0.1, 0.15) is 38.7 Å². The fourth-order valence-electron chi connectivity index (χ4n) is 2.61. The van der Waals surface area contributed by atoms with E-state index in [1.807, 2.05) is 13.2 Å². The van der Waals surface area contributed by atoms with Gasteiger partial charge in [-0.1, -0.05) is 0 Å². The standard InChI is InChI=1S/C15H23N3O4/c1-15(2,3)22-14(20)18-9-10(6-12(18)13(19)21-5)11-7-16-17(4)8-11/h7-8,10,12H,6,9H2,1-5H3. The first kappa shape index (κ1) is 16.3. The van der Waals surface area contributed by atoms with Gasteiger partial charge in [-0.05, 0) is 32.8 Å². The van der Waals surface area contributed by atoms with Crippen LogP contribution in [0.3, 0.4) is 0 Å². The van der Waals surface area contributed by atoms with Crippen LogP contribution in [0.5, 0.6) is 0 Å². The Bertz CT molecular complexity index is 561. The number of carbonyl (C=O) groups excluding carboxylic acids is 2. The molecule has 0 bridgehead atoms. The topological polar surface area (TPSA) is 73.7 Å². The average Bonchev–Trinajstić information content (AvgIpc) is 3.01. The number of aryl methyl sites for hydroxylation is 1. The lowest BCUT2D eigenvalue weighted by Crippen LogP contribution is -2.43. The van der Waals surface area contributed by atoms with Gasteiger partial charge in [-0.25, -0.2) is 9.59 Å². The van der Waals surface area contributed by atoms with Gasteiger partial charge in [-0.3, -0.25) is 9.58 Å². The Morgan fingerprint density at radius 3 is 2.55 bits per heavy atom. The van der Waals surface area contributed by atoms with Gasteiger partial charge in [0.15, 0.2) is 0 Å². The SMILES string of the molecule is COC(=O)C1CC(c2cnn(C)c2)CN1C(=O)OC(C)(C)C. The number of amides is 1. The van der Waals surface area contributed by atoms with Crippen molar-refractivity contribution in [3.8, 4) is 0 Å². The molecular weight excluding hydrogens is 286 g/mol. The van der Waals surface area contributed by atoms with E-state index in [-0.39, 0.29) is 5.92 Å². The molecule has 1 aliphatic heterocycles. The van der Waals surface area contributed by atoms with Crippen molar-refractivity contribution < 1.29 is 19.1 Å². The Labute approximate surface area is 130 Å². The zero-order valence-corrected chi connectivity index (χ0v) is 13.7. The fraction of sp³-hybridized carbons (Fsp3) is 0.667. The molecule has 1 amide bonds. The maximum Gasteiger partial charge on any atom is 0.411 e. The number of hydrogen-bond donors (Lipinski definition) is 0. The molecule has 1 aromatic rings. The van der Waals surface area contributed by atoms with Gasteiger partial charge in [-0.15, -0.1) is 0 Å². The summed E-state index contributed by atoms with van der Waals surface area (Å²) in [4.78, 5) is 25.8. The third-order valence-electron chi connectivity index (χ3n) is 3.60. The number of ether oxygens (including phenoxy) is 2. The van der Waals surface area contributed by atoms with Crippen LogP contribution in [-0.4, -0.2) is 52.0 Å². The van der Waals surface area contributed by atoms with Crippen molar-refractivity contribution in [2.24, 2.45) is 7.05 Å². The normalized spacial score (nSPS) is 21.8. The lowest BCUT2D eigenvalue weighted by atomic mass is 10.00. The van der Waals surface area contributed by atoms with Gasteiger partial charge in [0.25, 0.3) is 0 Å². The monoisotopic (exact) mass is 309 g/mol. The first-order valence-electron chi connectivity index (χ1n) is 7.27. The third kappa shape index (κ3) is 3.58. The number of aromatic nitrogens is 2. The molecule has 2 unspecified atom stereocenters. The highest BCUT2D eigenvalue weighted by Gasteiger charge is 2.42. The second kappa shape index (κ2) is 5.98. The summed E-state index contributed by atoms with van der Waals surface area (Å²) >= 11 is 0. The molecule has 0 aliphatic carbocycles. The summed E-state index contributed by atoms with van der Waals surface area (Å²) in [5, 5.41) is 4.15. The second-order valence-corrected chi connectivity index (χ2v) is 6.55. The smallest absolute Gasteiger partial charge is 0.411 e. The Kier molecular flexibility index (Phi) is 4.44. The predicted octanol–water partition coefficient (Wildman–Crippen LogP) is 1.69. The molecule has 1 fully saturated rings. The van der Waals surface area contributed by atoms with E-state index in [1.165, 1.54) is 12.0 Å². The molecule has 7 nitrogen and oxygen atoms in total. The van der Waals surface area contributed by atoms with Crippen LogP contribution in [0.25, 0.3) is 0 Å². The van der Waals surface area contributed by atoms with E-state index >= 15 is 0 Å². The highest BCUT2D eigenvalue weighted by atomic mass is 16.6. The van der Waals surface area contributed by atoms with Crippen LogP contribution in [0, 0.1) is 0 Å². The third-order valence-corrected chi connectivity index (χ3v) is 3.60. The van der Waals surface area contributed by atoms with Crippen molar-refractivity contribution in [3.05, 3.63) is 18.0 Å². The van der Waals surface area contributed by atoms with Crippen LogP contribution in [0.4, 0.5) is 4.79 Å². The molecule has 1 saturated heterocycles. The second-order valence-electron chi connectivity index (χ2n) is 6.55. The summed E-state index contributed by atoms with van der Waals surface area (Å²) in [5.74, 6) is -0.373. The van der Waals surface area contributed by atoms with Crippen molar-refractivity contribution in [3.63, 3.8) is 0 Å². The molecule has 0 radical (unpaired) electrons. The maximum absolute atomic E-state index is 12.3. The number of nitrogens with zero attached hydrogens (tertiary/aromatic N) is 3. The van der Waals surface area contributed by atoms with Gasteiger partial charge in [-0.2, -0.15) is 5.10 Å². The van der Waals surface area contributed by atoms with Gasteiger partial charge >= 0.3 is 12.1 Å². The highest BCUT2D eigenvalue weighted by molar-refractivity contribution is 5.82. The Balaban J connectivity index is 2.18. The van der Waals surface area contributed by atoms with Crippen molar-refractivity contribution in [1.82, 2.24) is 14.7 Å². The zero-order chi connectivity index (χ0) is 16.5. The number of likely N-dealkylation sites (tertiary alicyclic amines) is 1. The summed E-state index contributed by atoms with van der Waals surface area (Å²) < 4.78 is 11.9. The average molecular weight is 309 g/mol. The minimum absolute atomic E-state index is 0.0466. The summed E-state index contributed by atoms with van der Waals surface area (Å²) in [6.07, 6.45) is 3.68. The molecule has 2 atom stereocenters. The maximum atomic E-state index is 12.3. The predicted molar refractivity (Wildman–Crippen MR) is 79.3 cm³/mol. The molecule has 22 heavy (non-hydrogen) atoms. The molecule has 7 heteroatoms. The first-order chi connectivity index (χ1) is 10.2. The van der Waals surface area contributed by atoms with Gasteiger partial charge in [0.05, 0.1) is 13.3 Å². The van der Waals surface area contributed by atoms with Gasteiger partial charge in [0.2, 0.25) is 0 Å². The summed E-state index contributed by atoms with van der Waals surface area (Å²) in [6, 6.07) is -0.620. The van der Waals surface area contributed by atoms with E-state index in [0.717, 1.165) is 5.56 Å². The molecule has 0 N–H and O–H groups in total. The Morgan fingerprint density at radius 1 is 1.36 bits per heavy atom. The van der Waals surface area contributed by atoms with Gasteiger partial charge < -0.3 is 9.47 Å². The van der Waals surface area contributed by atoms with Crippen LogP contribution >= 0.6 is 0 Å². The minimum Gasteiger partial charge on any atom is -0.467 e. The number of rotatable bonds is 2. The molecule has 122 valence electrons. The number of methoxy groups -OCH3 is 1. The van der Waals surface area contributed by atoms with E-state index in [1.54, 1.807) is 31.6 Å². The van der Waals surface area contributed by atoms with E-state index in [4.69, 9.17) is 9.47 Å². The van der Waals surface area contributed by atoms with Gasteiger partial charge in [0.1, 0.15) is 11.6 Å². The van der Waals surface area contributed by atoms with Crippen molar-refractivity contribution in [1.29, 1.82) is 0 Å². The lowest BCUT2D eigenvalue weighted by molar-refractivity contribution is -0.145. The molecule has 0 aromatic carbocycles. The number of esters is 1. The first-order valence-corrected chi connectivity index (χ1v) is 7.27.